The standard InChI is InChI=1S/C7H9N4O/c8-5-10-7-4-2-1-3-6(7)9-11(10)12/h1-4,9H,5,8H2/q-1. The van der Waals surface area contributed by atoms with E-state index < -0.39 is 0 Å². The largest absolute Gasteiger partial charge is 0.749 e. The fourth-order valence-corrected chi connectivity index (χ4v) is 1.23. The molecule has 3 N–H and O–H groups in total. The number of nitrogens with two attached hydrogens (primary N) is 1. The number of anilines is 2. The molecule has 1 aromatic rings. The first-order chi connectivity index (χ1) is 5.83. The van der Waals surface area contributed by atoms with Gasteiger partial charge in [0.05, 0.1) is 18.0 Å². The summed E-state index contributed by atoms with van der Waals surface area (Å²) in [5.74, 6) is 0. The van der Waals surface area contributed by atoms with Crippen molar-refractivity contribution >= 4 is 11.4 Å². The lowest BCUT2D eigenvalue weighted by atomic mass is 10.3. The Morgan fingerprint density at radius 2 is 2.17 bits per heavy atom. The minimum Gasteiger partial charge on any atom is -0.749 e. The highest BCUT2D eigenvalue weighted by molar-refractivity contribution is 5.72. The number of hydrogen-bond acceptors (Lipinski definition) is 5. The van der Waals surface area contributed by atoms with Gasteiger partial charge in [-0.25, -0.2) is 5.28 Å². The highest BCUT2D eigenvalue weighted by Gasteiger charge is 2.17. The van der Waals surface area contributed by atoms with Gasteiger partial charge in [-0.2, -0.15) is 0 Å². The first-order valence-electron chi connectivity index (χ1n) is 3.63. The van der Waals surface area contributed by atoms with Crippen molar-refractivity contribution in [2.75, 3.05) is 17.1 Å². The van der Waals surface area contributed by atoms with Crippen molar-refractivity contribution in [1.82, 2.24) is 5.28 Å². The van der Waals surface area contributed by atoms with E-state index in [4.69, 9.17) is 5.73 Å². The number of para-hydroxylation sites is 2. The first-order valence-corrected chi connectivity index (χ1v) is 3.63. The molecule has 0 fully saturated rings. The van der Waals surface area contributed by atoms with E-state index in [1.807, 2.05) is 24.3 Å². The van der Waals surface area contributed by atoms with E-state index in [9.17, 15) is 5.21 Å². The second-order valence-electron chi connectivity index (χ2n) is 2.48. The fraction of sp³-hybridized carbons (Fsp3) is 0.143. The predicted molar refractivity (Wildman–Crippen MR) is 46.8 cm³/mol. The average molecular weight is 165 g/mol. The zero-order chi connectivity index (χ0) is 8.55. The molecule has 5 nitrogen and oxygen atoms in total. The Labute approximate surface area is 69.9 Å². The Bertz CT molecular complexity index is 290. The van der Waals surface area contributed by atoms with Gasteiger partial charge in [0.1, 0.15) is 0 Å². The molecule has 1 aliphatic heterocycles. The van der Waals surface area contributed by atoms with E-state index in [2.05, 4.69) is 5.43 Å². The van der Waals surface area contributed by atoms with Gasteiger partial charge in [0.2, 0.25) is 0 Å². The molecule has 0 atom stereocenters. The Balaban J connectivity index is 2.40. The Morgan fingerprint density at radius 1 is 1.42 bits per heavy atom. The van der Waals surface area contributed by atoms with Crippen LogP contribution in [0, 0.1) is 5.21 Å². The summed E-state index contributed by atoms with van der Waals surface area (Å²) in [6, 6.07) is 7.39. The van der Waals surface area contributed by atoms with Crippen molar-refractivity contribution in [3.05, 3.63) is 29.5 Å². The van der Waals surface area contributed by atoms with Gasteiger partial charge in [0, 0.05) is 0 Å². The first kappa shape index (κ1) is 7.35. The molecule has 0 saturated heterocycles. The third kappa shape index (κ3) is 0.918. The molecule has 0 bridgehead atoms. The number of fused-ring (bicyclic) bond motifs is 1. The SMILES string of the molecule is NCN1c2ccccc2NN1[O-]. The summed E-state index contributed by atoms with van der Waals surface area (Å²) in [7, 11) is 0. The van der Waals surface area contributed by atoms with Gasteiger partial charge in [-0.3, -0.25) is 5.01 Å². The quantitative estimate of drug-likeness (QED) is 0.633. The number of benzene rings is 1. The van der Waals surface area contributed by atoms with Crippen molar-refractivity contribution < 1.29 is 0 Å². The third-order valence-corrected chi connectivity index (χ3v) is 1.79. The van der Waals surface area contributed by atoms with E-state index in [1.54, 1.807) is 0 Å². The number of nitrogens with one attached hydrogen (secondary N) is 1. The third-order valence-electron chi connectivity index (χ3n) is 1.79. The molecule has 0 radical (unpaired) electrons. The zero-order valence-corrected chi connectivity index (χ0v) is 6.40. The predicted octanol–water partition coefficient (Wildman–Crippen LogP) is 0.465. The highest BCUT2D eigenvalue weighted by Crippen LogP contribution is 2.31. The molecule has 0 saturated carbocycles. The van der Waals surface area contributed by atoms with Crippen LogP contribution in [0.4, 0.5) is 11.4 Å². The van der Waals surface area contributed by atoms with E-state index >= 15 is 0 Å². The molecule has 5 heteroatoms. The molecular weight excluding hydrogens is 156 g/mol. The maximum Gasteiger partial charge on any atom is 0.0824 e. The molecule has 2 rings (SSSR count). The van der Waals surface area contributed by atoms with Crippen LogP contribution in [0.1, 0.15) is 0 Å². The summed E-state index contributed by atoms with van der Waals surface area (Å²) >= 11 is 0. The number of rotatable bonds is 1. The monoisotopic (exact) mass is 165 g/mol. The van der Waals surface area contributed by atoms with E-state index in [0.29, 0.717) is 5.28 Å². The Hall–Kier alpha value is -1.30. The van der Waals surface area contributed by atoms with Crippen LogP contribution in [0.25, 0.3) is 0 Å². The number of nitrogens with zero attached hydrogens (tertiary/aromatic N) is 2. The maximum atomic E-state index is 11.1. The van der Waals surface area contributed by atoms with Gasteiger partial charge in [-0.05, 0) is 12.1 Å². The van der Waals surface area contributed by atoms with Crippen LogP contribution in [-0.2, 0) is 0 Å². The van der Waals surface area contributed by atoms with Crippen LogP contribution in [0.15, 0.2) is 24.3 Å². The molecule has 0 aliphatic carbocycles. The normalized spacial score (nSPS) is 16.0. The zero-order valence-electron chi connectivity index (χ0n) is 6.40. The van der Waals surface area contributed by atoms with Crippen LogP contribution < -0.4 is 16.2 Å². The van der Waals surface area contributed by atoms with E-state index in [1.165, 1.54) is 5.01 Å². The van der Waals surface area contributed by atoms with Gasteiger partial charge in [0.15, 0.2) is 0 Å². The van der Waals surface area contributed by atoms with Gasteiger partial charge in [-0.1, -0.05) is 12.1 Å². The minimum atomic E-state index is 0.174. The minimum absolute atomic E-state index is 0.174. The molecule has 0 spiro atoms. The van der Waals surface area contributed by atoms with Crippen LogP contribution in [0.2, 0.25) is 0 Å². The summed E-state index contributed by atoms with van der Waals surface area (Å²) in [6.07, 6.45) is 0. The molecule has 1 heterocycles. The lowest BCUT2D eigenvalue weighted by molar-refractivity contribution is 0.435. The molecule has 64 valence electrons. The summed E-state index contributed by atoms with van der Waals surface area (Å²) in [4.78, 5) is 0. The molecule has 12 heavy (non-hydrogen) atoms. The van der Waals surface area contributed by atoms with Crippen molar-refractivity contribution in [2.24, 2.45) is 5.73 Å². The van der Waals surface area contributed by atoms with Crippen molar-refractivity contribution in [1.29, 1.82) is 0 Å². The Morgan fingerprint density at radius 3 is 2.92 bits per heavy atom. The molecule has 1 aliphatic rings. The number of hydrazine groups is 2. The molecule has 0 aromatic heterocycles. The van der Waals surface area contributed by atoms with Gasteiger partial charge < -0.3 is 16.4 Å². The highest BCUT2D eigenvalue weighted by atomic mass is 16.6. The number of hydrogen-bond donors (Lipinski definition) is 2. The average Bonchev–Trinajstić information content (AvgIpc) is 2.40. The van der Waals surface area contributed by atoms with Crippen molar-refractivity contribution in [3.8, 4) is 0 Å². The summed E-state index contributed by atoms with van der Waals surface area (Å²) in [5, 5.41) is 13.2. The topological polar surface area (TPSA) is 67.6 Å². The molecular formula is C7H9N4O-. The van der Waals surface area contributed by atoms with Gasteiger partial charge >= 0.3 is 0 Å². The molecule has 0 unspecified atom stereocenters. The van der Waals surface area contributed by atoms with Gasteiger partial charge in [-0.15, -0.1) is 0 Å². The van der Waals surface area contributed by atoms with E-state index in [-0.39, 0.29) is 6.67 Å². The lowest BCUT2D eigenvalue weighted by Crippen LogP contribution is -2.40. The molecule has 0 amide bonds. The summed E-state index contributed by atoms with van der Waals surface area (Å²) in [6.45, 7) is 0.174. The second kappa shape index (κ2) is 2.63. The van der Waals surface area contributed by atoms with Crippen LogP contribution in [0.3, 0.4) is 0 Å². The lowest BCUT2D eigenvalue weighted by Gasteiger charge is -2.32. The summed E-state index contributed by atoms with van der Waals surface area (Å²) in [5.41, 5.74) is 9.61. The fourth-order valence-electron chi connectivity index (χ4n) is 1.23. The van der Waals surface area contributed by atoms with Crippen molar-refractivity contribution in [3.63, 3.8) is 0 Å². The maximum absolute atomic E-state index is 11.1. The van der Waals surface area contributed by atoms with Crippen LogP contribution in [-0.4, -0.2) is 11.9 Å². The smallest absolute Gasteiger partial charge is 0.0824 e. The van der Waals surface area contributed by atoms with Crippen molar-refractivity contribution in [2.45, 2.75) is 0 Å². The van der Waals surface area contributed by atoms with E-state index in [0.717, 1.165) is 11.4 Å². The Kier molecular flexibility index (Phi) is 1.61. The van der Waals surface area contributed by atoms with Crippen LogP contribution >= 0.6 is 0 Å². The summed E-state index contributed by atoms with van der Waals surface area (Å²) < 4.78 is 0. The van der Waals surface area contributed by atoms with Gasteiger partial charge in [0.25, 0.3) is 0 Å². The van der Waals surface area contributed by atoms with Crippen LogP contribution in [0.5, 0.6) is 0 Å². The second-order valence-corrected chi connectivity index (χ2v) is 2.48. The molecule has 1 aromatic carbocycles.